The van der Waals surface area contributed by atoms with Gasteiger partial charge in [0.1, 0.15) is 40.1 Å². The van der Waals surface area contributed by atoms with Gasteiger partial charge in [0.15, 0.2) is 32.8 Å². The number of nitrogens with one attached hydrogen (secondary N) is 2. The van der Waals surface area contributed by atoms with E-state index in [-0.39, 0.29) is 51.1 Å². The number of benzene rings is 6. The van der Waals surface area contributed by atoms with Crippen LogP contribution in [0.5, 0.6) is 11.5 Å². The first-order valence-electron chi connectivity index (χ1n) is 26.9. The number of hydrogen-bond donors (Lipinski definition) is 2. The van der Waals surface area contributed by atoms with E-state index >= 15 is 9.59 Å². The number of halogens is 2. The minimum absolute atomic E-state index is 0.0254. The Morgan fingerprint density at radius 2 is 1.30 bits per heavy atom. The molecule has 0 spiro atoms. The van der Waals surface area contributed by atoms with Crippen molar-refractivity contribution in [2.45, 2.75) is 41.2 Å². The number of thiazole rings is 1. The molecule has 0 unspecified atom stereocenters. The Balaban J connectivity index is 0.944. The molecular weight excluding hydrogens is 1240 g/mol. The van der Waals surface area contributed by atoms with E-state index in [2.05, 4.69) is 25.9 Å². The number of fused-ring (bicyclic) bond motifs is 2. The van der Waals surface area contributed by atoms with Crippen LogP contribution < -0.4 is 25.7 Å². The Hall–Kier alpha value is -8.97. The summed E-state index contributed by atoms with van der Waals surface area (Å²) in [5.41, 5.74) is 2.89. The molecule has 2 aliphatic heterocycles. The maximum absolute atomic E-state index is 15.1. The molecule has 19 nitrogen and oxygen atoms in total. The molecule has 0 aliphatic carbocycles. The highest BCUT2D eigenvalue weighted by molar-refractivity contribution is 8.02. The predicted molar refractivity (Wildman–Crippen MR) is 336 cm³/mol. The number of β-lactam (4-membered cyclic amide) rings is 1. The average Bonchev–Trinajstić information content (AvgIpc) is 1.04. The summed E-state index contributed by atoms with van der Waals surface area (Å²) < 4.78 is 18.7. The van der Waals surface area contributed by atoms with Crippen LogP contribution in [0.25, 0.3) is 4.96 Å². The predicted octanol–water partition coefficient (Wildman–Crippen LogP) is 10.3. The van der Waals surface area contributed by atoms with Crippen LogP contribution in [0.2, 0.25) is 0 Å². The van der Waals surface area contributed by atoms with Gasteiger partial charge in [0.2, 0.25) is 4.96 Å². The number of hydrogen-bond acceptors (Lipinski definition) is 20. The summed E-state index contributed by atoms with van der Waals surface area (Å²) in [4.78, 5) is 113. The lowest BCUT2D eigenvalue weighted by atomic mass is 9.77. The summed E-state index contributed by atoms with van der Waals surface area (Å²) in [6, 6.07) is 50.0. The fourth-order valence-electron chi connectivity index (χ4n) is 9.91. The van der Waals surface area contributed by atoms with E-state index in [1.807, 2.05) is 152 Å². The number of thioether (sulfide) groups is 2. The topological polar surface area (TPSA) is 239 Å². The van der Waals surface area contributed by atoms with Gasteiger partial charge in [-0.25, -0.2) is 19.6 Å². The summed E-state index contributed by atoms with van der Waals surface area (Å²) in [6.07, 6.45) is -0.888. The van der Waals surface area contributed by atoms with E-state index in [1.54, 1.807) is 6.92 Å². The molecule has 2 amide bonds. The zero-order valence-corrected chi connectivity index (χ0v) is 51.1. The van der Waals surface area contributed by atoms with E-state index in [4.69, 9.17) is 47.2 Å². The van der Waals surface area contributed by atoms with Crippen LogP contribution in [-0.4, -0.2) is 101 Å². The Bertz CT molecular complexity index is 4120. The number of rotatable bonds is 21. The molecule has 2 aliphatic rings. The number of amides is 2. The van der Waals surface area contributed by atoms with Crippen molar-refractivity contribution < 1.29 is 47.8 Å². The molecule has 6 aromatic carbocycles. The highest BCUT2D eigenvalue weighted by atomic mass is 35.5. The number of aryl methyl sites for hydroxylation is 2. The minimum Gasteiger partial charge on any atom is -0.448 e. The fraction of sp³-hybridized carbons (Fsp3) is 0.159. The van der Waals surface area contributed by atoms with Crippen LogP contribution in [0.1, 0.15) is 61.2 Å². The maximum atomic E-state index is 15.1. The van der Waals surface area contributed by atoms with Crippen molar-refractivity contribution in [3.63, 3.8) is 0 Å². The van der Waals surface area contributed by atoms with E-state index in [0.717, 1.165) is 34.1 Å². The molecule has 0 radical (unpaired) electrons. The maximum Gasteiger partial charge on any atom is 0.366 e. The smallest absolute Gasteiger partial charge is 0.366 e. The highest BCUT2D eigenvalue weighted by Crippen LogP contribution is 2.44. The number of carbonyl (C=O) groups is 6. The van der Waals surface area contributed by atoms with Crippen molar-refractivity contribution in [2.24, 2.45) is 5.16 Å². The molecule has 88 heavy (non-hydrogen) atoms. The molecule has 5 heterocycles. The van der Waals surface area contributed by atoms with E-state index in [1.165, 1.54) is 68.7 Å². The molecule has 1 saturated heterocycles. The minimum atomic E-state index is -1.28. The molecule has 1 fully saturated rings. The van der Waals surface area contributed by atoms with Crippen LogP contribution in [-0.2, 0) is 39.1 Å². The van der Waals surface area contributed by atoms with Gasteiger partial charge in [0.25, 0.3) is 17.4 Å². The summed E-state index contributed by atoms with van der Waals surface area (Å²) in [7, 11) is 0. The lowest BCUT2D eigenvalue weighted by molar-refractivity contribution is -0.154. The molecular formula is C63H48Cl2N8O11S4. The highest BCUT2D eigenvalue weighted by Gasteiger charge is 2.55. The molecule has 2 atom stereocenters. The Labute approximate surface area is 528 Å². The molecule has 0 saturated carbocycles. The SMILES string of the molecule is Cc1cc(=O)n2nc(SCC3=C(C(=O)OC(c4ccccc4)c4ccccc4)N4C(=O)[C@@H](NC(=O)/C(=N\OC(=O)c5cc(OC(=O)CCl)c(OC(=O)CCl)cc5C)c5csc(NC(c6ccccc6)(c6ccccc6)c6ccccc6)n5)[C@H]4SC3)sc2n1. The zero-order valence-electron chi connectivity index (χ0n) is 46.4. The molecule has 25 heteroatoms. The number of oxime groups is 1. The van der Waals surface area contributed by atoms with Crippen molar-refractivity contribution in [1.82, 2.24) is 29.8 Å². The van der Waals surface area contributed by atoms with Crippen LogP contribution in [0, 0.1) is 13.8 Å². The second kappa shape index (κ2) is 27.0. The number of anilines is 1. The number of carbonyl (C=O) groups excluding carboxylic acids is 6. The van der Waals surface area contributed by atoms with Crippen LogP contribution in [0.3, 0.4) is 0 Å². The molecule has 3 aromatic heterocycles. The van der Waals surface area contributed by atoms with E-state index in [0.29, 0.717) is 36.8 Å². The van der Waals surface area contributed by atoms with Gasteiger partial charge < -0.3 is 29.7 Å². The second-order valence-electron chi connectivity index (χ2n) is 19.7. The molecule has 444 valence electrons. The molecule has 2 N–H and O–H groups in total. The third-order valence-electron chi connectivity index (χ3n) is 14.0. The van der Waals surface area contributed by atoms with Crippen molar-refractivity contribution in [1.29, 1.82) is 0 Å². The largest absolute Gasteiger partial charge is 0.448 e. The summed E-state index contributed by atoms with van der Waals surface area (Å²) >= 11 is 16.3. The number of nitrogens with zero attached hydrogens (tertiary/aromatic N) is 6. The summed E-state index contributed by atoms with van der Waals surface area (Å²) in [5.74, 6) is -6.83. The third-order valence-corrected chi connectivity index (χ3v) is 18.6. The summed E-state index contributed by atoms with van der Waals surface area (Å²) in [6.45, 7) is 3.20. The van der Waals surface area contributed by atoms with Crippen LogP contribution >= 0.6 is 69.4 Å². The lowest BCUT2D eigenvalue weighted by Gasteiger charge is -2.49. The van der Waals surface area contributed by atoms with Gasteiger partial charge in [-0.3, -0.25) is 28.9 Å². The Kier molecular flexibility index (Phi) is 18.6. The quantitative estimate of drug-likeness (QED) is 0.00782. The van der Waals surface area contributed by atoms with Crippen molar-refractivity contribution in [2.75, 3.05) is 28.6 Å². The van der Waals surface area contributed by atoms with E-state index < -0.39 is 76.2 Å². The standard InChI is InChI=1S/C63H48Cl2N8O11S4/c1-36-28-46(81-49(75)31-64)47(82-50(76)32-65)30-44(36)58(79)84-71-51(45-35-86-60(67-45)69-63(41-22-12-5-13-23-41,42-24-14-6-15-25-42)43-26-16-7-17-27-43)55(77)68-52-56(78)72-53(59(80)83-54(38-18-8-3-9-19-38)39-20-10-4-11-21-39)40(33-85-57(52)72)34-87-62-70-73-48(74)29-37(2)66-61(73)88-62/h3-30,35,52,54,57H,31-34H2,1-2H3,(H,67,69)(H,68,77)/b71-51-/t52-,57-/m1/s1. The van der Waals surface area contributed by atoms with Gasteiger partial charge in [-0.05, 0) is 64.9 Å². The molecule has 0 bridgehead atoms. The monoisotopic (exact) mass is 1290 g/mol. The van der Waals surface area contributed by atoms with Gasteiger partial charge in [-0.1, -0.05) is 180 Å². The van der Waals surface area contributed by atoms with E-state index in [9.17, 15) is 24.0 Å². The van der Waals surface area contributed by atoms with Gasteiger partial charge in [-0.15, -0.1) is 51.4 Å². The average molecular weight is 1290 g/mol. The number of ether oxygens (including phenoxy) is 3. The first-order valence-corrected chi connectivity index (χ1v) is 31.7. The van der Waals surface area contributed by atoms with Gasteiger partial charge in [0, 0.05) is 28.6 Å². The van der Waals surface area contributed by atoms with Crippen LogP contribution in [0.4, 0.5) is 5.13 Å². The first-order chi connectivity index (χ1) is 42.7. The Morgan fingerprint density at radius 1 is 0.739 bits per heavy atom. The van der Waals surface area contributed by atoms with Gasteiger partial charge >= 0.3 is 23.9 Å². The summed E-state index contributed by atoms with van der Waals surface area (Å²) in [5, 5.41) is 16.1. The Morgan fingerprint density at radius 3 is 1.86 bits per heavy atom. The number of aromatic nitrogens is 4. The third kappa shape index (κ3) is 12.9. The van der Waals surface area contributed by atoms with Crippen molar-refractivity contribution >= 4 is 121 Å². The lowest BCUT2D eigenvalue weighted by Crippen LogP contribution is -2.71. The second-order valence-corrected chi connectivity index (χ2v) is 24.3. The molecule has 11 rings (SSSR count). The van der Waals surface area contributed by atoms with Crippen molar-refractivity contribution in [3.05, 3.63) is 247 Å². The van der Waals surface area contributed by atoms with Gasteiger partial charge in [0.05, 0.1) is 5.56 Å². The van der Waals surface area contributed by atoms with Crippen LogP contribution in [0.15, 0.2) is 201 Å². The van der Waals surface area contributed by atoms with Crippen molar-refractivity contribution in [3.8, 4) is 11.5 Å². The number of esters is 3. The normalized spacial score (nSPS) is 14.9. The zero-order chi connectivity index (χ0) is 61.5. The molecule has 9 aromatic rings. The first kappa shape index (κ1) is 60.7. The van der Waals surface area contributed by atoms with Gasteiger partial charge in [-0.2, -0.15) is 4.52 Å². The fourth-order valence-corrected chi connectivity index (χ4v) is 14.2. The number of alkyl halides is 2.